The third-order valence-corrected chi connectivity index (χ3v) is 3.52. The molecule has 0 unspecified atom stereocenters. The minimum Gasteiger partial charge on any atom is -0.492 e. The van der Waals surface area contributed by atoms with Crippen LogP contribution >= 0.6 is 23.2 Å². The first kappa shape index (κ1) is 14.9. The van der Waals surface area contributed by atoms with Crippen molar-refractivity contribution in [2.45, 2.75) is 6.42 Å². The van der Waals surface area contributed by atoms with Gasteiger partial charge < -0.3 is 15.0 Å². The van der Waals surface area contributed by atoms with Crippen LogP contribution in [0.2, 0.25) is 10.0 Å². The normalized spacial score (nSPS) is 10.8. The summed E-state index contributed by atoms with van der Waals surface area (Å²) in [6.45, 7) is 1.24. The average molecular weight is 338 g/mol. The number of imidazole rings is 1. The Kier molecular flexibility index (Phi) is 4.60. The van der Waals surface area contributed by atoms with Crippen LogP contribution in [0.3, 0.4) is 0 Å². The Morgan fingerprint density at radius 3 is 2.95 bits per heavy atom. The first-order valence-corrected chi connectivity index (χ1v) is 7.45. The van der Waals surface area contributed by atoms with Crippen molar-refractivity contribution in [1.82, 2.24) is 19.9 Å². The number of halogens is 2. The quantitative estimate of drug-likeness (QED) is 0.673. The Hall–Kier alpha value is -2.05. The molecule has 8 heteroatoms. The molecule has 3 rings (SSSR count). The minimum atomic E-state index is 0.510. The van der Waals surface area contributed by atoms with E-state index in [9.17, 15) is 0 Å². The summed E-state index contributed by atoms with van der Waals surface area (Å²) in [5.41, 5.74) is 1.44. The summed E-state index contributed by atoms with van der Waals surface area (Å²) in [4.78, 5) is 15.3. The Morgan fingerprint density at radius 1 is 1.18 bits per heavy atom. The molecule has 0 aliphatic carbocycles. The van der Waals surface area contributed by atoms with Gasteiger partial charge in [-0.1, -0.05) is 23.2 Å². The Labute approximate surface area is 136 Å². The van der Waals surface area contributed by atoms with Crippen molar-refractivity contribution in [3.63, 3.8) is 0 Å². The second kappa shape index (κ2) is 6.81. The lowest BCUT2D eigenvalue weighted by atomic mass is 10.3. The van der Waals surface area contributed by atoms with Crippen LogP contribution in [0.4, 0.5) is 5.82 Å². The second-order valence-electron chi connectivity index (χ2n) is 4.53. The van der Waals surface area contributed by atoms with Gasteiger partial charge in [0.2, 0.25) is 0 Å². The fourth-order valence-electron chi connectivity index (χ4n) is 1.95. The van der Waals surface area contributed by atoms with Crippen LogP contribution in [0.1, 0.15) is 6.42 Å². The molecule has 0 aliphatic rings. The van der Waals surface area contributed by atoms with E-state index < -0.39 is 0 Å². The van der Waals surface area contributed by atoms with Crippen LogP contribution < -0.4 is 10.1 Å². The molecule has 1 aromatic carbocycles. The smallest absolute Gasteiger partial charge is 0.182 e. The first-order valence-electron chi connectivity index (χ1n) is 6.70. The fraction of sp³-hybridized carbons (Fsp3) is 0.214. The van der Waals surface area contributed by atoms with E-state index in [2.05, 4.69) is 25.3 Å². The van der Waals surface area contributed by atoms with Crippen LogP contribution in [0.25, 0.3) is 11.2 Å². The monoisotopic (exact) mass is 337 g/mol. The molecule has 2 N–H and O–H groups in total. The molecular formula is C14H13Cl2N5O. The van der Waals surface area contributed by atoms with E-state index in [4.69, 9.17) is 27.9 Å². The first-order chi connectivity index (χ1) is 10.7. The van der Waals surface area contributed by atoms with Crippen LogP contribution in [-0.4, -0.2) is 33.1 Å². The summed E-state index contributed by atoms with van der Waals surface area (Å²) in [5, 5.41) is 4.33. The average Bonchev–Trinajstić information content (AvgIpc) is 2.98. The summed E-state index contributed by atoms with van der Waals surface area (Å²) in [7, 11) is 0. The van der Waals surface area contributed by atoms with E-state index in [-0.39, 0.29) is 0 Å². The maximum absolute atomic E-state index is 6.04. The van der Waals surface area contributed by atoms with E-state index in [1.165, 1.54) is 6.33 Å². The highest BCUT2D eigenvalue weighted by Crippen LogP contribution is 2.27. The van der Waals surface area contributed by atoms with Crippen molar-refractivity contribution in [1.29, 1.82) is 0 Å². The zero-order chi connectivity index (χ0) is 15.4. The van der Waals surface area contributed by atoms with Gasteiger partial charge >= 0.3 is 0 Å². The van der Waals surface area contributed by atoms with Crippen LogP contribution in [0, 0.1) is 0 Å². The molecule has 22 heavy (non-hydrogen) atoms. The van der Waals surface area contributed by atoms with Gasteiger partial charge in [0.1, 0.15) is 17.6 Å². The molecule has 2 heterocycles. The van der Waals surface area contributed by atoms with Crippen molar-refractivity contribution in [3.8, 4) is 5.75 Å². The minimum absolute atomic E-state index is 0.510. The third-order valence-electron chi connectivity index (χ3n) is 2.99. The summed E-state index contributed by atoms with van der Waals surface area (Å²) >= 11 is 11.9. The SMILES string of the molecule is Clc1ccc(OCCCNc2ncnc3nc[nH]c23)c(Cl)c1. The van der Waals surface area contributed by atoms with Crippen molar-refractivity contribution in [3.05, 3.63) is 40.9 Å². The molecular weight excluding hydrogens is 325 g/mol. The van der Waals surface area contributed by atoms with Crippen molar-refractivity contribution in [2.75, 3.05) is 18.5 Å². The number of ether oxygens (including phenoxy) is 1. The van der Waals surface area contributed by atoms with Crippen molar-refractivity contribution < 1.29 is 4.74 Å². The van der Waals surface area contributed by atoms with Gasteiger partial charge in [-0.15, -0.1) is 0 Å². The molecule has 6 nitrogen and oxygen atoms in total. The van der Waals surface area contributed by atoms with Crippen molar-refractivity contribution >= 4 is 40.2 Å². The fourth-order valence-corrected chi connectivity index (χ4v) is 2.42. The highest BCUT2D eigenvalue weighted by Gasteiger charge is 2.05. The molecule has 0 saturated carbocycles. The summed E-state index contributed by atoms with van der Waals surface area (Å²) in [6.07, 6.45) is 3.87. The van der Waals surface area contributed by atoms with Gasteiger partial charge in [0, 0.05) is 11.6 Å². The molecule has 0 spiro atoms. The molecule has 0 bridgehead atoms. The number of aromatic nitrogens is 4. The van der Waals surface area contributed by atoms with Gasteiger partial charge in [0.05, 0.1) is 18.0 Å². The molecule has 114 valence electrons. The molecule has 0 aliphatic heterocycles. The predicted molar refractivity (Wildman–Crippen MR) is 86.7 cm³/mol. The second-order valence-corrected chi connectivity index (χ2v) is 5.37. The number of anilines is 1. The largest absolute Gasteiger partial charge is 0.492 e. The Morgan fingerprint density at radius 2 is 2.09 bits per heavy atom. The van der Waals surface area contributed by atoms with E-state index in [0.29, 0.717) is 34.6 Å². The molecule has 2 aromatic heterocycles. The Balaban J connectivity index is 1.49. The number of H-pyrrole nitrogens is 1. The standard InChI is InChI=1S/C14H13Cl2N5O/c15-9-2-3-11(10(16)6-9)22-5-1-4-17-13-12-14(19-7-18-12)21-8-20-13/h2-3,6-8H,1,4-5H2,(H2,17,18,19,20,21). The molecule has 0 radical (unpaired) electrons. The third kappa shape index (κ3) is 3.40. The summed E-state index contributed by atoms with van der Waals surface area (Å²) < 4.78 is 5.62. The molecule has 0 saturated heterocycles. The predicted octanol–water partition coefficient (Wildman–Crippen LogP) is 3.54. The van der Waals surface area contributed by atoms with E-state index in [1.807, 2.05) is 0 Å². The number of benzene rings is 1. The number of hydrogen-bond acceptors (Lipinski definition) is 5. The number of hydrogen-bond donors (Lipinski definition) is 2. The van der Waals surface area contributed by atoms with Gasteiger partial charge in [-0.3, -0.25) is 0 Å². The lowest BCUT2D eigenvalue weighted by Crippen LogP contribution is -2.09. The maximum atomic E-state index is 6.04. The number of aromatic amines is 1. The van der Waals surface area contributed by atoms with Gasteiger partial charge in [0.15, 0.2) is 11.5 Å². The number of nitrogens with one attached hydrogen (secondary N) is 2. The summed E-state index contributed by atoms with van der Waals surface area (Å²) in [6, 6.07) is 5.17. The topological polar surface area (TPSA) is 75.7 Å². The van der Waals surface area contributed by atoms with Gasteiger partial charge in [-0.05, 0) is 24.6 Å². The highest BCUT2D eigenvalue weighted by molar-refractivity contribution is 6.35. The summed E-state index contributed by atoms with van der Waals surface area (Å²) in [5.74, 6) is 1.36. The zero-order valence-corrected chi connectivity index (χ0v) is 13.0. The number of rotatable bonds is 6. The van der Waals surface area contributed by atoms with Crippen LogP contribution in [0.15, 0.2) is 30.9 Å². The van der Waals surface area contributed by atoms with Crippen LogP contribution in [-0.2, 0) is 0 Å². The number of fused-ring (bicyclic) bond motifs is 1. The van der Waals surface area contributed by atoms with E-state index in [0.717, 1.165) is 17.8 Å². The molecule has 0 atom stereocenters. The lowest BCUT2D eigenvalue weighted by molar-refractivity contribution is 0.315. The highest BCUT2D eigenvalue weighted by atomic mass is 35.5. The van der Waals surface area contributed by atoms with Crippen LogP contribution in [0.5, 0.6) is 5.75 Å². The molecule has 0 amide bonds. The van der Waals surface area contributed by atoms with E-state index >= 15 is 0 Å². The number of nitrogens with zero attached hydrogens (tertiary/aromatic N) is 3. The van der Waals surface area contributed by atoms with Crippen molar-refractivity contribution in [2.24, 2.45) is 0 Å². The van der Waals surface area contributed by atoms with Gasteiger partial charge in [-0.2, -0.15) is 0 Å². The maximum Gasteiger partial charge on any atom is 0.182 e. The Bertz CT molecular complexity index is 777. The molecule has 0 fully saturated rings. The van der Waals surface area contributed by atoms with Gasteiger partial charge in [-0.25, -0.2) is 15.0 Å². The molecule has 3 aromatic rings. The van der Waals surface area contributed by atoms with Gasteiger partial charge in [0.25, 0.3) is 0 Å². The lowest BCUT2D eigenvalue weighted by Gasteiger charge is -2.09. The zero-order valence-electron chi connectivity index (χ0n) is 11.5. The van der Waals surface area contributed by atoms with E-state index in [1.54, 1.807) is 24.5 Å².